The molecule has 4 rings (SSSR count). The number of para-hydroxylation sites is 1. The molecule has 0 radical (unpaired) electrons. The maximum atomic E-state index is 13.1. The molecule has 7 nitrogen and oxygen atoms in total. The van der Waals surface area contributed by atoms with Crippen molar-refractivity contribution in [3.05, 3.63) is 54.1 Å². The van der Waals surface area contributed by atoms with E-state index in [1.165, 1.54) is 0 Å². The van der Waals surface area contributed by atoms with Gasteiger partial charge >= 0.3 is 0 Å². The van der Waals surface area contributed by atoms with E-state index in [1.807, 2.05) is 41.3 Å². The van der Waals surface area contributed by atoms with Crippen LogP contribution in [0.4, 0.5) is 5.69 Å². The maximum Gasteiger partial charge on any atom is 0.241 e. The molecule has 0 bridgehead atoms. The van der Waals surface area contributed by atoms with Gasteiger partial charge in [0.15, 0.2) is 9.84 Å². The molecule has 0 N–H and O–H groups in total. The van der Waals surface area contributed by atoms with Crippen LogP contribution >= 0.6 is 0 Å². The number of ether oxygens (including phenoxy) is 2. The number of anilines is 1. The molecule has 0 aromatic heterocycles. The third-order valence-corrected chi connectivity index (χ3v) is 7.61. The fraction of sp³-hybridized carbons (Fsp3) is 0.409. The van der Waals surface area contributed by atoms with Gasteiger partial charge in [-0.3, -0.25) is 9.69 Å². The quantitative estimate of drug-likeness (QED) is 0.695. The van der Waals surface area contributed by atoms with Gasteiger partial charge in [-0.25, -0.2) is 8.42 Å². The second-order valence-corrected chi connectivity index (χ2v) is 9.86. The number of carbonyl (C=O) groups excluding carboxylic acids is 1. The van der Waals surface area contributed by atoms with Crippen LogP contribution in [0.1, 0.15) is 5.56 Å². The predicted molar refractivity (Wildman–Crippen MR) is 115 cm³/mol. The number of fused-ring (bicyclic) bond motifs is 1. The van der Waals surface area contributed by atoms with Gasteiger partial charge in [-0.2, -0.15) is 0 Å². The normalized spacial score (nSPS) is 23.3. The topological polar surface area (TPSA) is 76.2 Å². The second kappa shape index (κ2) is 8.28. The van der Waals surface area contributed by atoms with Gasteiger partial charge in [0.05, 0.1) is 38.3 Å². The van der Waals surface area contributed by atoms with Crippen LogP contribution in [-0.2, 0) is 21.1 Å². The standard InChI is InChI=1S/C22H26N2O5S/c1-28-18-9-7-17(8-10-18)24-20-15-30(26,27)14-19(20)23(13-22(24)25)12-11-16-5-3-4-6-21(16)29-2/h3-10,19-20H,11-15H2,1-2H3/t19-,20+/m0/s1. The van der Waals surface area contributed by atoms with Crippen LogP contribution < -0.4 is 14.4 Å². The highest BCUT2D eigenvalue weighted by Crippen LogP contribution is 2.32. The summed E-state index contributed by atoms with van der Waals surface area (Å²) in [5.41, 5.74) is 1.75. The average molecular weight is 431 g/mol. The molecule has 2 aliphatic rings. The predicted octanol–water partition coefficient (Wildman–Crippen LogP) is 1.76. The number of nitrogens with zero attached hydrogens (tertiary/aromatic N) is 2. The lowest BCUT2D eigenvalue weighted by molar-refractivity contribution is -0.123. The summed E-state index contributed by atoms with van der Waals surface area (Å²) in [6.07, 6.45) is 0.684. The molecule has 0 unspecified atom stereocenters. The molecule has 2 fully saturated rings. The van der Waals surface area contributed by atoms with Crippen LogP contribution in [0.3, 0.4) is 0 Å². The Labute approximate surface area is 177 Å². The van der Waals surface area contributed by atoms with E-state index < -0.39 is 9.84 Å². The van der Waals surface area contributed by atoms with Crippen LogP contribution in [0.25, 0.3) is 0 Å². The highest BCUT2D eigenvalue weighted by molar-refractivity contribution is 7.91. The van der Waals surface area contributed by atoms with Crippen molar-refractivity contribution in [2.24, 2.45) is 0 Å². The van der Waals surface area contributed by atoms with E-state index in [9.17, 15) is 13.2 Å². The van der Waals surface area contributed by atoms with E-state index in [0.29, 0.717) is 24.4 Å². The number of hydrogen-bond donors (Lipinski definition) is 0. The smallest absolute Gasteiger partial charge is 0.241 e. The first-order chi connectivity index (χ1) is 14.4. The molecule has 0 spiro atoms. The second-order valence-electron chi connectivity index (χ2n) is 7.71. The number of sulfone groups is 1. The van der Waals surface area contributed by atoms with Crippen LogP contribution in [0.15, 0.2) is 48.5 Å². The van der Waals surface area contributed by atoms with Crippen LogP contribution in [0.5, 0.6) is 11.5 Å². The summed E-state index contributed by atoms with van der Waals surface area (Å²) in [6, 6.07) is 14.4. The number of piperazine rings is 1. The Bertz CT molecular complexity index is 1020. The van der Waals surface area contributed by atoms with Crippen molar-refractivity contribution >= 4 is 21.4 Å². The molecule has 2 atom stereocenters. The summed E-state index contributed by atoms with van der Waals surface area (Å²) >= 11 is 0. The van der Waals surface area contributed by atoms with E-state index in [-0.39, 0.29) is 36.0 Å². The fourth-order valence-electron chi connectivity index (χ4n) is 4.45. The van der Waals surface area contributed by atoms with Gasteiger partial charge in [-0.05, 0) is 42.3 Å². The van der Waals surface area contributed by atoms with Crippen molar-refractivity contribution < 1.29 is 22.7 Å². The van der Waals surface area contributed by atoms with E-state index in [0.717, 1.165) is 11.3 Å². The third kappa shape index (κ3) is 4.02. The zero-order valence-electron chi connectivity index (χ0n) is 17.2. The van der Waals surface area contributed by atoms with E-state index in [1.54, 1.807) is 31.3 Å². The minimum atomic E-state index is -3.22. The molecule has 0 aliphatic carbocycles. The number of carbonyl (C=O) groups is 1. The molecule has 1 amide bonds. The molecule has 160 valence electrons. The number of hydrogen-bond acceptors (Lipinski definition) is 6. The van der Waals surface area contributed by atoms with E-state index >= 15 is 0 Å². The Hall–Kier alpha value is -2.58. The molecular formula is C22H26N2O5S. The van der Waals surface area contributed by atoms with E-state index in [2.05, 4.69) is 0 Å². The summed E-state index contributed by atoms with van der Waals surface area (Å²) in [6.45, 7) is 0.789. The first-order valence-electron chi connectivity index (χ1n) is 9.94. The van der Waals surface area contributed by atoms with Gasteiger partial charge in [0.25, 0.3) is 0 Å². The van der Waals surface area contributed by atoms with Crippen molar-refractivity contribution in [2.75, 3.05) is 43.7 Å². The Kier molecular flexibility index (Phi) is 5.71. The minimum absolute atomic E-state index is 0.0133. The average Bonchev–Trinajstić information content (AvgIpc) is 3.07. The third-order valence-electron chi connectivity index (χ3n) is 5.91. The molecule has 30 heavy (non-hydrogen) atoms. The molecule has 2 aromatic rings. The number of rotatable bonds is 6. The molecule has 2 aliphatic heterocycles. The summed E-state index contributed by atoms with van der Waals surface area (Å²) < 4.78 is 35.6. The molecule has 2 saturated heterocycles. The van der Waals surface area contributed by atoms with Crippen LogP contribution in [-0.4, -0.2) is 70.1 Å². The van der Waals surface area contributed by atoms with Crippen molar-refractivity contribution in [2.45, 2.75) is 18.5 Å². The molecule has 8 heteroatoms. The monoisotopic (exact) mass is 430 g/mol. The van der Waals surface area contributed by atoms with Gasteiger partial charge in [0.2, 0.25) is 5.91 Å². The Morgan fingerprint density at radius 3 is 2.37 bits per heavy atom. The molecule has 2 heterocycles. The van der Waals surface area contributed by atoms with Gasteiger partial charge in [0, 0.05) is 18.3 Å². The number of benzene rings is 2. The summed E-state index contributed by atoms with van der Waals surface area (Å²) in [7, 11) is -0.00158. The largest absolute Gasteiger partial charge is 0.497 e. The minimum Gasteiger partial charge on any atom is -0.497 e. The lowest BCUT2D eigenvalue weighted by Gasteiger charge is -2.43. The van der Waals surface area contributed by atoms with Crippen molar-refractivity contribution in [1.82, 2.24) is 4.90 Å². The first kappa shape index (κ1) is 20.7. The SMILES string of the molecule is COc1ccc(N2C(=O)CN(CCc3ccccc3OC)[C@H]3CS(=O)(=O)C[C@H]32)cc1. The lowest BCUT2D eigenvalue weighted by atomic mass is 10.0. The molecular weight excluding hydrogens is 404 g/mol. The zero-order valence-corrected chi connectivity index (χ0v) is 18.0. The van der Waals surface area contributed by atoms with Crippen molar-refractivity contribution in [1.29, 1.82) is 0 Å². The maximum absolute atomic E-state index is 13.1. The zero-order chi connectivity index (χ0) is 21.3. The Morgan fingerprint density at radius 1 is 0.967 bits per heavy atom. The first-order valence-corrected chi connectivity index (χ1v) is 11.8. The van der Waals surface area contributed by atoms with Crippen molar-refractivity contribution in [3.8, 4) is 11.5 Å². The van der Waals surface area contributed by atoms with Gasteiger partial charge < -0.3 is 14.4 Å². The Morgan fingerprint density at radius 2 is 1.67 bits per heavy atom. The van der Waals surface area contributed by atoms with Gasteiger partial charge in [0.1, 0.15) is 11.5 Å². The summed E-state index contributed by atoms with van der Waals surface area (Å²) in [5.74, 6) is 1.47. The highest BCUT2D eigenvalue weighted by Gasteiger charge is 2.49. The van der Waals surface area contributed by atoms with Crippen molar-refractivity contribution in [3.63, 3.8) is 0 Å². The Balaban J connectivity index is 1.57. The van der Waals surface area contributed by atoms with Gasteiger partial charge in [-0.15, -0.1) is 0 Å². The highest BCUT2D eigenvalue weighted by atomic mass is 32.2. The summed E-state index contributed by atoms with van der Waals surface area (Å²) in [5, 5.41) is 0. The lowest BCUT2D eigenvalue weighted by Crippen LogP contribution is -2.62. The number of amides is 1. The van der Waals surface area contributed by atoms with Crippen LogP contribution in [0.2, 0.25) is 0 Å². The van der Waals surface area contributed by atoms with E-state index in [4.69, 9.17) is 9.47 Å². The molecule has 0 saturated carbocycles. The fourth-order valence-corrected chi connectivity index (χ4v) is 6.44. The van der Waals surface area contributed by atoms with Crippen LogP contribution in [0, 0.1) is 0 Å². The number of methoxy groups -OCH3 is 2. The summed E-state index contributed by atoms with van der Waals surface area (Å²) in [4.78, 5) is 16.8. The molecule has 2 aromatic carbocycles. The van der Waals surface area contributed by atoms with Gasteiger partial charge in [-0.1, -0.05) is 18.2 Å².